The summed E-state index contributed by atoms with van der Waals surface area (Å²) in [6.45, 7) is -1.91. The molecule has 0 saturated heterocycles. The number of rotatable bonds is 3. The topological polar surface area (TPSA) is 46.2 Å². The van der Waals surface area contributed by atoms with E-state index in [0.717, 1.165) is 0 Å². The van der Waals surface area contributed by atoms with E-state index in [4.69, 9.17) is 10.8 Å². The Hall–Kier alpha value is -1.06. The summed E-state index contributed by atoms with van der Waals surface area (Å²) in [6.07, 6.45) is 0. The van der Waals surface area contributed by atoms with Gasteiger partial charge >= 0.3 is 0 Å². The van der Waals surface area contributed by atoms with Gasteiger partial charge < -0.3 is 10.8 Å². The van der Waals surface area contributed by atoms with Crippen molar-refractivity contribution in [1.29, 1.82) is 0 Å². The number of aliphatic hydroxyl groups excluding tert-OH is 1. The third-order valence-electron chi connectivity index (χ3n) is 2.22. The van der Waals surface area contributed by atoms with Crippen LogP contribution in [0.5, 0.6) is 0 Å². The second kappa shape index (κ2) is 5.93. The molecule has 0 aliphatic rings. The third kappa shape index (κ3) is 2.93. The number of alkyl halides is 2. The summed E-state index contributed by atoms with van der Waals surface area (Å²) in [5.74, 6) is -16.4. The van der Waals surface area contributed by atoms with Gasteiger partial charge in [-0.2, -0.15) is 0 Å². The van der Waals surface area contributed by atoms with Gasteiger partial charge in [0.2, 0.25) is 5.82 Å². The highest BCUT2D eigenvalue weighted by Gasteiger charge is 2.42. The van der Waals surface area contributed by atoms with Crippen molar-refractivity contribution < 1.29 is 35.8 Å². The summed E-state index contributed by atoms with van der Waals surface area (Å²) in [6, 6.07) is -2.87. The zero-order chi connectivity index (χ0) is 14.2. The molecule has 0 saturated carbocycles. The Balaban J connectivity index is 0.00000324. The standard InChI is InChI=1S/C9H6F7NO.ClH/c10-3-2(8(17)9(15,16)1-18)4(11)6(13)7(14)5(3)12;/h8,18H,1,17H2;1H/t8-;/m0./s1. The van der Waals surface area contributed by atoms with E-state index in [1.54, 1.807) is 0 Å². The summed E-state index contributed by atoms with van der Waals surface area (Å²) < 4.78 is 90.1. The quantitative estimate of drug-likeness (QED) is 0.511. The van der Waals surface area contributed by atoms with E-state index in [2.05, 4.69) is 0 Å². The van der Waals surface area contributed by atoms with Crippen molar-refractivity contribution in [3.8, 4) is 0 Å². The molecule has 0 spiro atoms. The predicted octanol–water partition coefficient (Wildman–Crippen LogP) is 2.43. The fraction of sp³-hybridized carbons (Fsp3) is 0.333. The van der Waals surface area contributed by atoms with Crippen LogP contribution >= 0.6 is 12.4 Å². The zero-order valence-electron chi connectivity index (χ0n) is 8.86. The molecule has 0 unspecified atom stereocenters. The van der Waals surface area contributed by atoms with Crippen LogP contribution in [0.25, 0.3) is 0 Å². The predicted molar refractivity (Wildman–Crippen MR) is 52.4 cm³/mol. The van der Waals surface area contributed by atoms with Crippen LogP contribution in [0.15, 0.2) is 0 Å². The molecule has 1 atom stereocenters. The van der Waals surface area contributed by atoms with Crippen LogP contribution < -0.4 is 5.73 Å². The lowest BCUT2D eigenvalue weighted by Crippen LogP contribution is -2.38. The molecule has 0 fully saturated rings. The molecule has 0 amide bonds. The maximum atomic E-state index is 13.1. The van der Waals surface area contributed by atoms with Crippen molar-refractivity contribution >= 4 is 12.4 Å². The number of benzene rings is 1. The average molecular weight is 314 g/mol. The molecule has 1 rings (SSSR count). The van der Waals surface area contributed by atoms with Crippen LogP contribution in [0.1, 0.15) is 11.6 Å². The van der Waals surface area contributed by atoms with Crippen molar-refractivity contribution in [3.05, 3.63) is 34.6 Å². The van der Waals surface area contributed by atoms with Gasteiger partial charge in [-0.25, -0.2) is 30.7 Å². The molecular formula is C9H7ClF7NO. The van der Waals surface area contributed by atoms with Crippen molar-refractivity contribution in [3.63, 3.8) is 0 Å². The highest BCUT2D eigenvalue weighted by atomic mass is 35.5. The SMILES string of the molecule is Cl.N[C@@H](c1c(F)c(F)c(F)c(F)c1F)C(F)(F)CO. The monoisotopic (exact) mass is 313 g/mol. The molecule has 0 bridgehead atoms. The van der Waals surface area contributed by atoms with E-state index in [0.29, 0.717) is 0 Å². The zero-order valence-corrected chi connectivity index (χ0v) is 9.68. The van der Waals surface area contributed by atoms with Gasteiger partial charge in [0.1, 0.15) is 12.6 Å². The molecule has 1 aromatic carbocycles. The molecule has 110 valence electrons. The van der Waals surface area contributed by atoms with Crippen LogP contribution in [-0.4, -0.2) is 17.6 Å². The molecule has 2 nitrogen and oxygen atoms in total. The minimum absolute atomic E-state index is 0. The second-order valence-corrected chi connectivity index (χ2v) is 3.38. The first-order valence-electron chi connectivity index (χ1n) is 4.40. The Morgan fingerprint density at radius 1 is 0.895 bits per heavy atom. The van der Waals surface area contributed by atoms with Crippen LogP contribution in [-0.2, 0) is 0 Å². The lowest BCUT2D eigenvalue weighted by atomic mass is 10.00. The van der Waals surface area contributed by atoms with Crippen molar-refractivity contribution in [1.82, 2.24) is 0 Å². The normalized spacial score (nSPS) is 13.1. The molecule has 1 aromatic rings. The van der Waals surface area contributed by atoms with Gasteiger partial charge in [0.15, 0.2) is 23.3 Å². The second-order valence-electron chi connectivity index (χ2n) is 3.38. The fourth-order valence-corrected chi connectivity index (χ4v) is 1.20. The summed E-state index contributed by atoms with van der Waals surface area (Å²) in [5, 5.41) is 8.26. The Labute approximate surface area is 108 Å². The summed E-state index contributed by atoms with van der Waals surface area (Å²) >= 11 is 0. The molecule has 0 radical (unpaired) electrons. The van der Waals surface area contributed by atoms with E-state index in [-0.39, 0.29) is 12.4 Å². The number of hydrogen-bond donors (Lipinski definition) is 2. The summed E-state index contributed by atoms with van der Waals surface area (Å²) in [7, 11) is 0. The summed E-state index contributed by atoms with van der Waals surface area (Å²) in [5.41, 5.74) is 2.86. The van der Waals surface area contributed by atoms with Gasteiger partial charge in [-0.1, -0.05) is 0 Å². The number of halogens is 8. The summed E-state index contributed by atoms with van der Waals surface area (Å²) in [4.78, 5) is 0. The van der Waals surface area contributed by atoms with Crippen molar-refractivity contribution in [2.75, 3.05) is 6.61 Å². The van der Waals surface area contributed by atoms with E-state index in [1.807, 2.05) is 0 Å². The smallest absolute Gasteiger partial charge is 0.289 e. The van der Waals surface area contributed by atoms with Gasteiger partial charge in [-0.15, -0.1) is 12.4 Å². The maximum absolute atomic E-state index is 13.1. The molecular weight excluding hydrogens is 307 g/mol. The third-order valence-corrected chi connectivity index (χ3v) is 2.22. The van der Waals surface area contributed by atoms with Crippen LogP contribution in [0.3, 0.4) is 0 Å². The van der Waals surface area contributed by atoms with Crippen LogP contribution in [0.4, 0.5) is 30.7 Å². The van der Waals surface area contributed by atoms with E-state index in [9.17, 15) is 30.7 Å². The van der Waals surface area contributed by atoms with Gasteiger partial charge in [0.05, 0.1) is 5.56 Å². The van der Waals surface area contributed by atoms with Crippen molar-refractivity contribution in [2.45, 2.75) is 12.0 Å². The fourth-order valence-electron chi connectivity index (χ4n) is 1.20. The Morgan fingerprint density at radius 3 is 1.53 bits per heavy atom. The first kappa shape index (κ1) is 17.9. The van der Waals surface area contributed by atoms with Crippen LogP contribution in [0, 0.1) is 29.1 Å². The first-order valence-corrected chi connectivity index (χ1v) is 4.40. The molecule has 0 aromatic heterocycles. The highest BCUT2D eigenvalue weighted by Crippen LogP contribution is 2.34. The van der Waals surface area contributed by atoms with E-state index < -0.39 is 53.2 Å². The minimum atomic E-state index is -4.24. The molecule has 10 heteroatoms. The lowest BCUT2D eigenvalue weighted by molar-refractivity contribution is -0.0729. The molecule has 0 aliphatic carbocycles. The average Bonchev–Trinajstić information content (AvgIpc) is 2.34. The van der Waals surface area contributed by atoms with E-state index >= 15 is 0 Å². The van der Waals surface area contributed by atoms with Crippen molar-refractivity contribution in [2.24, 2.45) is 5.73 Å². The Kier molecular flexibility index (Phi) is 5.60. The molecule has 0 aliphatic heterocycles. The van der Waals surface area contributed by atoms with Gasteiger partial charge in [0.25, 0.3) is 5.92 Å². The Morgan fingerprint density at radius 2 is 1.21 bits per heavy atom. The number of nitrogens with two attached hydrogens (primary N) is 1. The maximum Gasteiger partial charge on any atom is 0.289 e. The molecule has 3 N–H and O–H groups in total. The molecule has 0 heterocycles. The van der Waals surface area contributed by atoms with E-state index in [1.165, 1.54) is 0 Å². The van der Waals surface area contributed by atoms with Gasteiger partial charge in [-0.05, 0) is 0 Å². The lowest BCUT2D eigenvalue weighted by Gasteiger charge is -2.22. The van der Waals surface area contributed by atoms with Gasteiger partial charge in [0, 0.05) is 0 Å². The minimum Gasteiger partial charge on any atom is -0.390 e. The number of aliphatic hydroxyl groups is 1. The highest BCUT2D eigenvalue weighted by molar-refractivity contribution is 5.85. The van der Waals surface area contributed by atoms with Crippen LogP contribution in [0.2, 0.25) is 0 Å². The largest absolute Gasteiger partial charge is 0.390 e. The van der Waals surface area contributed by atoms with Gasteiger partial charge in [-0.3, -0.25) is 0 Å². The number of hydrogen-bond acceptors (Lipinski definition) is 2. The molecule has 19 heavy (non-hydrogen) atoms. The first-order chi connectivity index (χ1) is 8.15. The Bertz CT molecular complexity index is 453.